The number of hydrogen-bond donors (Lipinski definition) is 0. The maximum atomic E-state index is 9.47. The Bertz CT molecular complexity index is 725. The first-order valence-corrected chi connectivity index (χ1v) is 6.76. The van der Waals surface area contributed by atoms with Gasteiger partial charge in [0, 0.05) is 22.2 Å². The molecule has 0 saturated heterocycles. The summed E-state index contributed by atoms with van der Waals surface area (Å²) in [6.45, 7) is 0. The van der Waals surface area contributed by atoms with Crippen molar-refractivity contribution in [3.05, 3.63) is 65.7 Å². The molecular formula is C16H10N2S. The Morgan fingerprint density at radius 1 is 1.00 bits per heavy atom. The predicted octanol–water partition coefficient (Wildman–Crippen LogP) is 4.35. The molecule has 19 heavy (non-hydrogen) atoms. The lowest BCUT2D eigenvalue weighted by molar-refractivity contribution is 1.30. The molecule has 0 atom stereocenters. The number of benzene rings is 1. The highest BCUT2D eigenvalue weighted by Crippen LogP contribution is 2.32. The molecule has 0 amide bonds. The van der Waals surface area contributed by atoms with Crippen LogP contribution in [0, 0.1) is 11.3 Å². The molecule has 90 valence electrons. The molecule has 1 aromatic carbocycles. The fourth-order valence-corrected chi connectivity index (χ4v) is 2.78. The number of pyridine rings is 1. The summed E-state index contributed by atoms with van der Waals surface area (Å²) in [5, 5.41) is 11.5. The zero-order chi connectivity index (χ0) is 13.1. The zero-order valence-electron chi connectivity index (χ0n) is 10.1. The van der Waals surface area contributed by atoms with E-state index in [-0.39, 0.29) is 0 Å². The third-order valence-electron chi connectivity index (χ3n) is 2.90. The first-order valence-electron chi connectivity index (χ1n) is 5.88. The molecule has 0 unspecified atom stereocenters. The van der Waals surface area contributed by atoms with E-state index in [1.54, 1.807) is 17.5 Å². The summed E-state index contributed by atoms with van der Waals surface area (Å²) in [6, 6.07) is 18.0. The van der Waals surface area contributed by atoms with E-state index in [0.29, 0.717) is 5.56 Å². The number of aromatic nitrogens is 1. The standard InChI is InChI=1S/C16H10N2S/c17-11-14-13(15-7-4-10-19-15)8-9-18-16(14)12-5-2-1-3-6-12/h1-10H. The lowest BCUT2D eigenvalue weighted by Crippen LogP contribution is -1.91. The van der Waals surface area contributed by atoms with Gasteiger partial charge < -0.3 is 0 Å². The van der Waals surface area contributed by atoms with Crippen LogP contribution >= 0.6 is 11.3 Å². The molecule has 3 aromatic rings. The smallest absolute Gasteiger partial charge is 0.102 e. The van der Waals surface area contributed by atoms with Crippen LogP contribution in [-0.2, 0) is 0 Å². The summed E-state index contributed by atoms with van der Waals surface area (Å²) >= 11 is 1.63. The fourth-order valence-electron chi connectivity index (χ4n) is 2.03. The van der Waals surface area contributed by atoms with Crippen LogP contribution in [0.25, 0.3) is 21.7 Å². The Morgan fingerprint density at radius 3 is 2.53 bits per heavy atom. The van der Waals surface area contributed by atoms with E-state index in [1.807, 2.05) is 53.9 Å². The van der Waals surface area contributed by atoms with Gasteiger partial charge in [-0.3, -0.25) is 4.98 Å². The number of nitrogens with zero attached hydrogens (tertiary/aromatic N) is 2. The van der Waals surface area contributed by atoms with Gasteiger partial charge in [-0.1, -0.05) is 36.4 Å². The Hall–Kier alpha value is -2.44. The van der Waals surface area contributed by atoms with E-state index in [1.165, 1.54) is 0 Å². The molecule has 2 heterocycles. The van der Waals surface area contributed by atoms with Crippen molar-refractivity contribution in [2.45, 2.75) is 0 Å². The number of thiophene rings is 1. The van der Waals surface area contributed by atoms with Crippen molar-refractivity contribution in [3.63, 3.8) is 0 Å². The van der Waals surface area contributed by atoms with E-state index in [4.69, 9.17) is 0 Å². The summed E-state index contributed by atoms with van der Waals surface area (Å²) < 4.78 is 0. The molecule has 2 aromatic heterocycles. The summed E-state index contributed by atoms with van der Waals surface area (Å²) in [7, 11) is 0. The van der Waals surface area contributed by atoms with Crippen molar-refractivity contribution >= 4 is 11.3 Å². The second kappa shape index (κ2) is 5.05. The highest BCUT2D eigenvalue weighted by molar-refractivity contribution is 7.13. The lowest BCUT2D eigenvalue weighted by atomic mass is 10.0. The Balaban J connectivity index is 2.23. The van der Waals surface area contributed by atoms with Crippen molar-refractivity contribution in [1.29, 1.82) is 5.26 Å². The maximum Gasteiger partial charge on any atom is 0.102 e. The van der Waals surface area contributed by atoms with Crippen LogP contribution < -0.4 is 0 Å². The van der Waals surface area contributed by atoms with Gasteiger partial charge in [0.25, 0.3) is 0 Å². The van der Waals surface area contributed by atoms with Gasteiger partial charge in [-0.25, -0.2) is 0 Å². The molecule has 0 N–H and O–H groups in total. The van der Waals surface area contributed by atoms with Gasteiger partial charge in [-0.15, -0.1) is 11.3 Å². The van der Waals surface area contributed by atoms with Gasteiger partial charge in [0.2, 0.25) is 0 Å². The van der Waals surface area contributed by atoms with Crippen molar-refractivity contribution in [1.82, 2.24) is 4.98 Å². The van der Waals surface area contributed by atoms with Crippen LogP contribution in [-0.4, -0.2) is 4.98 Å². The van der Waals surface area contributed by atoms with Crippen LogP contribution in [0.15, 0.2) is 60.1 Å². The Morgan fingerprint density at radius 2 is 1.84 bits per heavy atom. The topological polar surface area (TPSA) is 36.7 Å². The van der Waals surface area contributed by atoms with Crippen LogP contribution in [0.1, 0.15) is 5.56 Å². The molecule has 0 bridgehead atoms. The molecule has 0 saturated carbocycles. The van der Waals surface area contributed by atoms with Gasteiger partial charge in [0.05, 0.1) is 11.3 Å². The monoisotopic (exact) mass is 262 g/mol. The molecule has 3 heteroatoms. The molecular weight excluding hydrogens is 252 g/mol. The van der Waals surface area contributed by atoms with E-state index in [2.05, 4.69) is 11.1 Å². The Labute approximate surface area is 115 Å². The largest absolute Gasteiger partial charge is 0.255 e. The number of rotatable bonds is 2. The molecule has 0 radical (unpaired) electrons. The number of nitriles is 1. The normalized spacial score (nSPS) is 10.1. The van der Waals surface area contributed by atoms with Gasteiger partial charge in [-0.2, -0.15) is 5.26 Å². The van der Waals surface area contributed by atoms with Crippen LogP contribution in [0.5, 0.6) is 0 Å². The van der Waals surface area contributed by atoms with E-state index in [0.717, 1.165) is 21.7 Å². The summed E-state index contributed by atoms with van der Waals surface area (Å²) in [5.74, 6) is 0. The van der Waals surface area contributed by atoms with Crippen molar-refractivity contribution in [2.75, 3.05) is 0 Å². The van der Waals surface area contributed by atoms with Crippen molar-refractivity contribution < 1.29 is 0 Å². The van der Waals surface area contributed by atoms with Gasteiger partial charge in [0.15, 0.2) is 0 Å². The molecule has 0 spiro atoms. The molecule has 2 nitrogen and oxygen atoms in total. The molecule has 3 rings (SSSR count). The van der Waals surface area contributed by atoms with Crippen LogP contribution in [0.4, 0.5) is 0 Å². The molecule has 0 aliphatic rings. The minimum Gasteiger partial charge on any atom is -0.255 e. The summed E-state index contributed by atoms with van der Waals surface area (Å²) in [5.41, 5.74) is 3.30. The highest BCUT2D eigenvalue weighted by atomic mass is 32.1. The molecule has 0 aliphatic heterocycles. The second-order valence-corrected chi connectivity index (χ2v) is 4.98. The first-order chi connectivity index (χ1) is 9.40. The first kappa shape index (κ1) is 11.6. The van der Waals surface area contributed by atoms with Gasteiger partial charge >= 0.3 is 0 Å². The minimum atomic E-state index is 0.635. The van der Waals surface area contributed by atoms with Gasteiger partial charge in [-0.05, 0) is 17.5 Å². The Kier molecular flexibility index (Phi) is 3.09. The minimum absolute atomic E-state index is 0.635. The van der Waals surface area contributed by atoms with Crippen molar-refractivity contribution in [2.24, 2.45) is 0 Å². The number of hydrogen-bond acceptors (Lipinski definition) is 3. The lowest BCUT2D eigenvalue weighted by Gasteiger charge is -2.07. The third kappa shape index (κ3) is 2.14. The van der Waals surface area contributed by atoms with E-state index in [9.17, 15) is 5.26 Å². The molecule has 0 fully saturated rings. The summed E-state index contributed by atoms with van der Waals surface area (Å²) in [6.07, 6.45) is 1.76. The average molecular weight is 262 g/mol. The fraction of sp³-hybridized carbons (Fsp3) is 0. The SMILES string of the molecule is N#Cc1c(-c2cccs2)ccnc1-c1ccccc1. The maximum absolute atomic E-state index is 9.47. The quantitative estimate of drug-likeness (QED) is 0.688. The van der Waals surface area contributed by atoms with Crippen LogP contribution in [0.2, 0.25) is 0 Å². The third-order valence-corrected chi connectivity index (χ3v) is 3.80. The zero-order valence-corrected chi connectivity index (χ0v) is 10.9. The highest BCUT2D eigenvalue weighted by Gasteiger charge is 2.12. The van der Waals surface area contributed by atoms with Gasteiger partial charge in [0.1, 0.15) is 6.07 Å². The van der Waals surface area contributed by atoms with E-state index < -0.39 is 0 Å². The molecule has 0 aliphatic carbocycles. The van der Waals surface area contributed by atoms with Crippen molar-refractivity contribution in [3.8, 4) is 27.8 Å². The average Bonchev–Trinajstić information content (AvgIpc) is 3.01. The predicted molar refractivity (Wildman–Crippen MR) is 77.7 cm³/mol. The second-order valence-electron chi connectivity index (χ2n) is 4.04. The summed E-state index contributed by atoms with van der Waals surface area (Å²) in [4.78, 5) is 5.47. The van der Waals surface area contributed by atoms with Crippen LogP contribution in [0.3, 0.4) is 0 Å². The van der Waals surface area contributed by atoms with E-state index >= 15 is 0 Å².